The zero-order chi connectivity index (χ0) is 32.3. The minimum atomic E-state index is -4.59. The normalized spacial score (nSPS) is 30.7. The van der Waals surface area contributed by atoms with Gasteiger partial charge in [0.15, 0.2) is 40.8 Å². The van der Waals surface area contributed by atoms with Gasteiger partial charge in [-0.1, -0.05) is 29.7 Å². The SMILES string of the molecule is Nc1nc2c(ncn2[C@@H]2O[C@H](CO)[C@@H](F)[C@H]2OP(=O)(S)OC[C@H]2OC[C@](F)(n3nnc4c(=O)[nH]cnc43)[C@@H]2O[PH](=O)S)c(=O)[nH]1. The molecule has 2 fully saturated rings. The van der Waals surface area contributed by atoms with E-state index >= 15 is 8.78 Å². The molecule has 45 heavy (non-hydrogen) atoms. The van der Waals surface area contributed by atoms with Crippen LogP contribution >= 0.6 is 38.5 Å². The molecule has 6 rings (SSSR count). The molecule has 244 valence electrons. The van der Waals surface area contributed by atoms with Crippen LogP contribution in [0.25, 0.3) is 22.3 Å². The molecule has 2 aliphatic rings. The van der Waals surface area contributed by atoms with Crippen LogP contribution in [0.5, 0.6) is 0 Å². The predicted molar refractivity (Wildman–Crippen MR) is 153 cm³/mol. The van der Waals surface area contributed by atoms with E-state index in [1.807, 2.05) is 0 Å². The third-order valence-corrected chi connectivity index (χ3v) is 9.31. The molecule has 0 spiro atoms. The molecule has 0 bridgehead atoms. The Morgan fingerprint density at radius 2 is 2.04 bits per heavy atom. The molecule has 2 unspecified atom stereocenters. The van der Waals surface area contributed by atoms with Gasteiger partial charge in [-0.2, -0.15) is 9.67 Å². The van der Waals surface area contributed by atoms with E-state index in [1.165, 1.54) is 0 Å². The minimum absolute atomic E-state index is 0.131. The van der Waals surface area contributed by atoms with Crippen LogP contribution in [0.15, 0.2) is 22.2 Å². The second-order valence-corrected chi connectivity index (χ2v) is 14.4. The molecule has 4 aromatic rings. The average molecular weight is 715 g/mol. The molecule has 6 heterocycles. The van der Waals surface area contributed by atoms with Crippen LogP contribution < -0.4 is 16.9 Å². The maximum absolute atomic E-state index is 16.5. The van der Waals surface area contributed by atoms with E-state index in [4.69, 9.17) is 28.8 Å². The average Bonchev–Trinajstić information content (AvgIpc) is 3.74. The Morgan fingerprint density at radius 3 is 2.78 bits per heavy atom. The van der Waals surface area contributed by atoms with Crippen molar-refractivity contribution < 1.29 is 46.1 Å². The van der Waals surface area contributed by atoms with Gasteiger partial charge in [-0.3, -0.25) is 32.8 Å². The summed E-state index contributed by atoms with van der Waals surface area (Å²) in [6.07, 6.45) is -8.03. The number of hydrogen-bond acceptors (Lipinski definition) is 16. The number of aromatic amines is 2. The summed E-state index contributed by atoms with van der Waals surface area (Å²) in [6.45, 7) is -6.98. The second kappa shape index (κ2) is 12.1. The number of aliphatic hydroxyl groups excluding tert-OH is 1. The minimum Gasteiger partial charge on any atom is -0.394 e. The monoisotopic (exact) mass is 714 g/mol. The van der Waals surface area contributed by atoms with Crippen molar-refractivity contribution in [3.05, 3.63) is 33.4 Å². The van der Waals surface area contributed by atoms with E-state index in [1.54, 1.807) is 0 Å². The van der Waals surface area contributed by atoms with Crippen molar-refractivity contribution in [3.63, 3.8) is 0 Å². The van der Waals surface area contributed by atoms with Gasteiger partial charge in [0.1, 0.15) is 24.9 Å². The lowest BCUT2D eigenvalue weighted by molar-refractivity contribution is -0.0484. The Labute approximate surface area is 258 Å². The molecule has 20 nitrogen and oxygen atoms in total. The Bertz CT molecular complexity index is 1950. The molecule has 0 saturated carbocycles. The van der Waals surface area contributed by atoms with Crippen LogP contribution in [-0.4, -0.2) is 100.0 Å². The van der Waals surface area contributed by atoms with Gasteiger partial charge in [0, 0.05) is 0 Å². The molecular formula is C19H22F2N10O10P2S2. The summed E-state index contributed by atoms with van der Waals surface area (Å²) in [4.78, 5) is 40.6. The molecule has 0 aliphatic carbocycles. The van der Waals surface area contributed by atoms with E-state index in [-0.39, 0.29) is 28.3 Å². The number of rotatable bonds is 10. The van der Waals surface area contributed by atoms with Gasteiger partial charge in [-0.25, -0.2) is 23.3 Å². The van der Waals surface area contributed by atoms with E-state index in [9.17, 15) is 23.8 Å². The van der Waals surface area contributed by atoms with Crippen LogP contribution in [0.4, 0.5) is 14.7 Å². The number of aliphatic hydroxyl groups is 1. The first-order valence-corrected chi connectivity index (χ1v) is 17.9. The van der Waals surface area contributed by atoms with E-state index in [0.29, 0.717) is 4.68 Å². The number of imidazole rings is 1. The smallest absolute Gasteiger partial charge is 0.386 e. The van der Waals surface area contributed by atoms with Gasteiger partial charge in [-0.05, 0) is 0 Å². The van der Waals surface area contributed by atoms with Gasteiger partial charge in [0.2, 0.25) is 13.2 Å². The fourth-order valence-electron chi connectivity index (χ4n) is 4.94. The zero-order valence-corrected chi connectivity index (χ0v) is 25.9. The number of nitrogens with two attached hydrogens (primary N) is 1. The highest BCUT2D eigenvalue weighted by atomic mass is 32.7. The summed E-state index contributed by atoms with van der Waals surface area (Å²) in [5, 5.41) is 16.9. The van der Waals surface area contributed by atoms with Gasteiger partial charge in [-0.15, -0.1) is 5.10 Å². The van der Waals surface area contributed by atoms with Crippen molar-refractivity contribution >= 4 is 66.8 Å². The molecule has 4 aromatic heterocycles. The Kier molecular flexibility index (Phi) is 8.65. The molecule has 0 aromatic carbocycles. The summed E-state index contributed by atoms with van der Waals surface area (Å²) in [5.74, 6) is -3.04. The summed E-state index contributed by atoms with van der Waals surface area (Å²) in [7, 11) is -3.15. The zero-order valence-electron chi connectivity index (χ0n) is 22.2. The third kappa shape index (κ3) is 5.83. The quantitative estimate of drug-likeness (QED) is 0.0903. The Hall–Kier alpha value is -2.79. The first-order chi connectivity index (χ1) is 21.3. The van der Waals surface area contributed by atoms with Crippen LogP contribution in [0, 0.1) is 0 Å². The number of fused-ring (bicyclic) bond motifs is 2. The van der Waals surface area contributed by atoms with Gasteiger partial charge in [0.05, 0.1) is 25.9 Å². The van der Waals surface area contributed by atoms with Crippen molar-refractivity contribution in [2.75, 3.05) is 25.6 Å². The van der Waals surface area contributed by atoms with Crippen LogP contribution in [0.3, 0.4) is 0 Å². The highest BCUT2D eigenvalue weighted by Gasteiger charge is 2.57. The predicted octanol–water partition coefficient (Wildman–Crippen LogP) is -0.377. The maximum atomic E-state index is 16.5. The van der Waals surface area contributed by atoms with Crippen molar-refractivity contribution in [1.82, 2.24) is 44.5 Å². The summed E-state index contributed by atoms with van der Waals surface area (Å²) < 4.78 is 85.9. The fraction of sp³-hybridized carbons (Fsp3) is 0.526. The van der Waals surface area contributed by atoms with Gasteiger partial charge >= 0.3 is 6.80 Å². The molecule has 0 amide bonds. The number of nitrogens with zero attached hydrogens (tertiary/aromatic N) is 7. The molecular weight excluding hydrogens is 692 g/mol. The number of aromatic nitrogens is 9. The summed E-state index contributed by atoms with van der Waals surface area (Å²) in [5.41, 5.74) is 3.32. The molecule has 2 saturated heterocycles. The first kappa shape index (κ1) is 32.2. The maximum Gasteiger partial charge on any atom is 0.386 e. The number of ether oxygens (including phenoxy) is 2. The highest BCUT2D eigenvalue weighted by Crippen LogP contribution is 2.57. The number of halogens is 2. The molecule has 2 aliphatic heterocycles. The van der Waals surface area contributed by atoms with Crippen LogP contribution in [0.2, 0.25) is 0 Å². The number of nitrogens with one attached hydrogen (secondary N) is 2. The number of H-pyrrole nitrogens is 2. The van der Waals surface area contributed by atoms with Gasteiger partial charge < -0.3 is 29.8 Å². The molecule has 5 N–H and O–H groups in total. The topological polar surface area (TPSA) is 267 Å². The molecule has 9 atom stereocenters. The number of thiol groups is 2. The third-order valence-electron chi connectivity index (χ3n) is 6.92. The lowest BCUT2D eigenvalue weighted by Crippen LogP contribution is -2.45. The molecule has 26 heteroatoms. The van der Waals surface area contributed by atoms with Crippen molar-refractivity contribution in [2.45, 2.75) is 42.6 Å². The highest BCUT2D eigenvalue weighted by molar-refractivity contribution is 8.44. The largest absolute Gasteiger partial charge is 0.394 e. The van der Waals surface area contributed by atoms with E-state index in [0.717, 1.165) is 17.2 Å². The second-order valence-electron chi connectivity index (χ2n) is 9.68. The van der Waals surface area contributed by atoms with Crippen molar-refractivity contribution in [3.8, 4) is 0 Å². The molecule has 0 radical (unpaired) electrons. The van der Waals surface area contributed by atoms with E-state index < -0.39 is 87.6 Å². The lowest BCUT2D eigenvalue weighted by Gasteiger charge is -2.28. The van der Waals surface area contributed by atoms with Gasteiger partial charge in [0.25, 0.3) is 16.9 Å². The fourth-order valence-corrected chi connectivity index (χ4v) is 7.28. The van der Waals surface area contributed by atoms with Crippen LogP contribution in [0.1, 0.15) is 6.23 Å². The number of hydrogen-bond donors (Lipinski definition) is 6. The first-order valence-electron chi connectivity index (χ1n) is 12.6. The Balaban J connectivity index is 1.23. The van der Waals surface area contributed by atoms with Crippen molar-refractivity contribution in [2.24, 2.45) is 0 Å². The summed E-state index contributed by atoms with van der Waals surface area (Å²) in [6, 6.07) is 0. The lowest BCUT2D eigenvalue weighted by atomic mass is 10.1. The Morgan fingerprint density at radius 1 is 1.27 bits per heavy atom. The number of alkyl halides is 2. The van der Waals surface area contributed by atoms with Crippen molar-refractivity contribution in [1.29, 1.82) is 0 Å². The van der Waals surface area contributed by atoms with Crippen LogP contribution in [-0.2, 0) is 38.0 Å². The number of anilines is 1. The van der Waals surface area contributed by atoms with E-state index in [2.05, 4.69) is 59.7 Å². The summed E-state index contributed by atoms with van der Waals surface area (Å²) >= 11 is 7.63. The number of nitrogen functional groups attached to an aromatic ring is 1. The standard InChI is InChI=1S/C19H22F2N10O10P2S2/c20-8-6(1-32)39-17(30-5-25-9-14(30)26-18(22)27-16(9)34)11(8)41-43(36,45)38-2-7-12(40-42(35)44)19(21,3-37-7)31-13-10(28-29-31)15(33)24-4-23-13/h4-8,11-12,17,32,42H,1-3H2,(H,35,44)(H,36,45)(H,23,24,33)(H3,22,26,27,34)/t6-,7-,8-,11-,12-,17-,19+,43?/m1/s1.